The van der Waals surface area contributed by atoms with Gasteiger partial charge in [0.25, 0.3) is 10.0 Å². The predicted octanol–water partition coefficient (Wildman–Crippen LogP) is 3.63. The lowest BCUT2D eigenvalue weighted by molar-refractivity contribution is 0.135. The molecule has 0 amide bonds. The normalized spacial score (nSPS) is 17.5. The largest absolute Gasteiger partial charge is 0.490 e. The van der Waals surface area contributed by atoms with Crippen molar-refractivity contribution in [1.29, 1.82) is 0 Å². The van der Waals surface area contributed by atoms with E-state index in [1.54, 1.807) is 12.1 Å². The summed E-state index contributed by atoms with van der Waals surface area (Å²) in [6.45, 7) is 0.935. The van der Waals surface area contributed by atoms with Crippen LogP contribution in [0.3, 0.4) is 0 Å². The lowest BCUT2D eigenvalue weighted by Gasteiger charge is -2.31. The second-order valence-corrected chi connectivity index (χ2v) is 8.97. The van der Waals surface area contributed by atoms with Crippen LogP contribution in [0.5, 0.6) is 5.75 Å². The highest BCUT2D eigenvalue weighted by Crippen LogP contribution is 2.30. The van der Waals surface area contributed by atoms with Crippen molar-refractivity contribution in [2.24, 2.45) is 0 Å². The summed E-state index contributed by atoms with van der Waals surface area (Å²) in [7, 11) is -3.43. The number of para-hydroxylation sites is 1. The molecule has 2 heterocycles. The van der Waals surface area contributed by atoms with E-state index < -0.39 is 10.0 Å². The van der Waals surface area contributed by atoms with Crippen LogP contribution in [0.2, 0.25) is 4.34 Å². The quantitative estimate of drug-likeness (QED) is 0.839. The summed E-state index contributed by atoms with van der Waals surface area (Å²) in [5.74, 6) is 0.828. The van der Waals surface area contributed by atoms with Crippen molar-refractivity contribution in [2.75, 3.05) is 13.1 Å². The lowest BCUT2D eigenvalue weighted by atomic mass is 10.1. The summed E-state index contributed by atoms with van der Waals surface area (Å²) in [4.78, 5) is 0. The highest BCUT2D eigenvalue weighted by atomic mass is 35.5. The molecule has 7 heteroatoms. The van der Waals surface area contributed by atoms with Crippen LogP contribution in [0.4, 0.5) is 0 Å². The Hall–Kier alpha value is -1.08. The molecule has 0 bridgehead atoms. The highest BCUT2D eigenvalue weighted by molar-refractivity contribution is 7.91. The monoisotopic (exact) mass is 357 g/mol. The fourth-order valence-electron chi connectivity index (χ4n) is 2.45. The first-order valence-corrected chi connectivity index (χ1v) is 9.66. The number of thiophene rings is 1. The van der Waals surface area contributed by atoms with Crippen LogP contribution in [0.1, 0.15) is 12.8 Å². The van der Waals surface area contributed by atoms with Gasteiger partial charge in [-0.15, -0.1) is 11.3 Å². The van der Waals surface area contributed by atoms with E-state index in [1.165, 1.54) is 4.31 Å². The molecule has 0 atom stereocenters. The maximum atomic E-state index is 12.5. The van der Waals surface area contributed by atoms with Crippen molar-refractivity contribution in [3.05, 3.63) is 46.8 Å². The number of benzene rings is 1. The van der Waals surface area contributed by atoms with E-state index in [2.05, 4.69) is 0 Å². The predicted molar refractivity (Wildman–Crippen MR) is 88.2 cm³/mol. The number of hydrogen-bond donors (Lipinski definition) is 0. The summed E-state index contributed by atoms with van der Waals surface area (Å²) in [5, 5.41) is 0. The maximum absolute atomic E-state index is 12.5. The average Bonchev–Trinajstić information content (AvgIpc) is 2.96. The van der Waals surface area contributed by atoms with Crippen LogP contribution in [-0.4, -0.2) is 31.9 Å². The van der Waals surface area contributed by atoms with Gasteiger partial charge in [0, 0.05) is 13.1 Å². The molecule has 4 nitrogen and oxygen atoms in total. The molecule has 0 aliphatic carbocycles. The summed E-state index contributed by atoms with van der Waals surface area (Å²) >= 11 is 6.93. The first-order chi connectivity index (χ1) is 10.6. The first-order valence-electron chi connectivity index (χ1n) is 7.03. The van der Waals surface area contributed by atoms with Crippen LogP contribution in [0, 0.1) is 0 Å². The molecular formula is C15H16ClNO3S2. The van der Waals surface area contributed by atoms with Crippen molar-refractivity contribution in [3.63, 3.8) is 0 Å². The van der Waals surface area contributed by atoms with Gasteiger partial charge in [-0.25, -0.2) is 8.42 Å². The molecule has 1 aliphatic rings. The second kappa shape index (κ2) is 6.58. The number of nitrogens with zero attached hydrogens (tertiary/aromatic N) is 1. The van der Waals surface area contributed by atoms with Gasteiger partial charge in [0.15, 0.2) is 0 Å². The fourth-order valence-corrected chi connectivity index (χ4v) is 5.55. The van der Waals surface area contributed by atoms with Crippen LogP contribution in [-0.2, 0) is 10.0 Å². The van der Waals surface area contributed by atoms with Gasteiger partial charge in [0.05, 0.1) is 4.34 Å². The number of piperidine rings is 1. The van der Waals surface area contributed by atoms with Gasteiger partial charge in [-0.05, 0) is 37.1 Å². The van der Waals surface area contributed by atoms with E-state index in [0.29, 0.717) is 34.5 Å². The standard InChI is InChI=1S/C15H16ClNO3S2/c16-14-6-7-15(21-14)22(18,19)17-10-8-13(9-11-17)20-12-4-2-1-3-5-12/h1-7,13H,8-11H2. The number of rotatable bonds is 4. The zero-order valence-electron chi connectivity index (χ0n) is 11.8. The molecular weight excluding hydrogens is 342 g/mol. The van der Waals surface area contributed by atoms with Crippen LogP contribution in [0.25, 0.3) is 0 Å². The molecule has 0 saturated carbocycles. The molecule has 3 rings (SSSR count). The van der Waals surface area contributed by atoms with E-state index in [0.717, 1.165) is 17.1 Å². The van der Waals surface area contributed by atoms with Crippen molar-refractivity contribution >= 4 is 33.0 Å². The zero-order valence-corrected chi connectivity index (χ0v) is 14.2. The molecule has 0 unspecified atom stereocenters. The summed E-state index contributed by atoms with van der Waals surface area (Å²) in [6.07, 6.45) is 1.43. The van der Waals surface area contributed by atoms with Crippen LogP contribution >= 0.6 is 22.9 Å². The molecule has 1 aliphatic heterocycles. The Balaban J connectivity index is 1.62. The minimum atomic E-state index is -3.43. The van der Waals surface area contributed by atoms with Crippen molar-refractivity contribution in [2.45, 2.75) is 23.2 Å². The Morgan fingerprint density at radius 2 is 1.77 bits per heavy atom. The minimum absolute atomic E-state index is 0.0563. The van der Waals surface area contributed by atoms with Crippen molar-refractivity contribution in [1.82, 2.24) is 4.31 Å². The summed E-state index contributed by atoms with van der Waals surface area (Å²) in [5.41, 5.74) is 0. The van der Waals surface area contributed by atoms with Crippen LogP contribution < -0.4 is 4.74 Å². The van der Waals surface area contributed by atoms with E-state index in [1.807, 2.05) is 30.3 Å². The third-order valence-electron chi connectivity index (χ3n) is 3.59. The van der Waals surface area contributed by atoms with E-state index in [4.69, 9.17) is 16.3 Å². The Kier molecular flexibility index (Phi) is 4.73. The number of sulfonamides is 1. The van der Waals surface area contributed by atoms with Gasteiger partial charge in [-0.1, -0.05) is 29.8 Å². The Morgan fingerprint density at radius 1 is 1.09 bits per heavy atom. The molecule has 0 spiro atoms. The Labute approximate surface area is 139 Å². The molecule has 0 radical (unpaired) electrons. The Morgan fingerprint density at radius 3 is 2.36 bits per heavy atom. The molecule has 1 fully saturated rings. The van der Waals surface area contributed by atoms with Gasteiger partial charge in [0.2, 0.25) is 0 Å². The van der Waals surface area contributed by atoms with E-state index in [-0.39, 0.29) is 6.10 Å². The topological polar surface area (TPSA) is 46.6 Å². The van der Waals surface area contributed by atoms with Gasteiger partial charge >= 0.3 is 0 Å². The van der Waals surface area contributed by atoms with E-state index in [9.17, 15) is 8.42 Å². The van der Waals surface area contributed by atoms with Gasteiger partial charge in [-0.3, -0.25) is 0 Å². The van der Waals surface area contributed by atoms with Crippen molar-refractivity contribution in [3.8, 4) is 5.75 Å². The highest BCUT2D eigenvalue weighted by Gasteiger charge is 2.31. The van der Waals surface area contributed by atoms with Gasteiger partial charge < -0.3 is 4.74 Å². The fraction of sp³-hybridized carbons (Fsp3) is 0.333. The molecule has 2 aromatic rings. The lowest BCUT2D eigenvalue weighted by Crippen LogP contribution is -2.41. The third-order valence-corrected chi connectivity index (χ3v) is 7.19. The van der Waals surface area contributed by atoms with Crippen LogP contribution in [0.15, 0.2) is 46.7 Å². The summed E-state index contributed by atoms with van der Waals surface area (Å²) < 4.78 is 33.2. The SMILES string of the molecule is O=S(=O)(c1ccc(Cl)s1)N1CCC(Oc2ccccc2)CC1. The molecule has 1 aromatic heterocycles. The smallest absolute Gasteiger partial charge is 0.252 e. The molecule has 1 aromatic carbocycles. The molecule has 1 saturated heterocycles. The first kappa shape index (κ1) is 15.8. The second-order valence-electron chi connectivity index (χ2n) is 5.09. The summed E-state index contributed by atoms with van der Waals surface area (Å²) in [6, 6.07) is 12.8. The maximum Gasteiger partial charge on any atom is 0.252 e. The molecule has 118 valence electrons. The minimum Gasteiger partial charge on any atom is -0.490 e. The number of ether oxygens (including phenoxy) is 1. The molecule has 0 N–H and O–H groups in total. The molecule has 22 heavy (non-hydrogen) atoms. The number of hydrogen-bond acceptors (Lipinski definition) is 4. The number of halogens is 1. The Bertz CT molecular complexity index is 722. The third kappa shape index (κ3) is 3.46. The van der Waals surface area contributed by atoms with E-state index >= 15 is 0 Å². The zero-order chi connectivity index (χ0) is 15.6. The van der Waals surface area contributed by atoms with Crippen molar-refractivity contribution < 1.29 is 13.2 Å². The van der Waals surface area contributed by atoms with Gasteiger partial charge in [-0.2, -0.15) is 4.31 Å². The van der Waals surface area contributed by atoms with Gasteiger partial charge in [0.1, 0.15) is 16.1 Å². The average molecular weight is 358 g/mol.